The van der Waals surface area contributed by atoms with E-state index in [1.54, 1.807) is 6.20 Å². The molecule has 0 saturated carbocycles. The van der Waals surface area contributed by atoms with Crippen LogP contribution in [0.1, 0.15) is 10.4 Å². The minimum absolute atomic E-state index is 0.00974. The maximum Gasteiger partial charge on any atom is 0.254 e. The second-order valence-corrected chi connectivity index (χ2v) is 8.62. The minimum Gasteiger partial charge on any atom is -0.436 e. The maximum atomic E-state index is 13.4. The summed E-state index contributed by atoms with van der Waals surface area (Å²) >= 11 is 3.49. The Bertz CT molecular complexity index is 1230. The number of carbonyl (C=O) groups excluding carboxylic acids is 1. The number of hydrogen-bond acceptors (Lipinski definition) is 4. The summed E-state index contributed by atoms with van der Waals surface area (Å²) in [6.07, 6.45) is 1.71. The van der Waals surface area contributed by atoms with E-state index in [9.17, 15) is 4.79 Å². The van der Waals surface area contributed by atoms with Gasteiger partial charge in [-0.3, -0.25) is 4.79 Å². The first-order chi connectivity index (χ1) is 15.7. The Kier molecular flexibility index (Phi) is 5.77. The highest BCUT2D eigenvalue weighted by molar-refractivity contribution is 9.10. The molecule has 1 fully saturated rings. The summed E-state index contributed by atoms with van der Waals surface area (Å²) in [5.41, 5.74) is 3.45. The van der Waals surface area contributed by atoms with Crippen molar-refractivity contribution in [3.63, 3.8) is 0 Å². The first-order valence-electron chi connectivity index (χ1n) is 10.6. The predicted molar refractivity (Wildman–Crippen MR) is 130 cm³/mol. The summed E-state index contributed by atoms with van der Waals surface area (Å²) in [6.45, 7) is 2.97. The number of benzene rings is 3. The standard InChI is InChI=1S/C26H22BrN3O2/c27-20-8-6-7-19(17-20)24-18-28-25(32-24)22-11-4-5-12-23(22)26(31)30-15-13-29(14-16-30)21-9-2-1-3-10-21/h1-12,17-18H,13-16H2. The zero-order valence-corrected chi connectivity index (χ0v) is 19.0. The monoisotopic (exact) mass is 487 g/mol. The van der Waals surface area contributed by atoms with Gasteiger partial charge in [-0.2, -0.15) is 0 Å². The first kappa shape index (κ1) is 20.5. The highest BCUT2D eigenvalue weighted by Crippen LogP contribution is 2.30. The minimum atomic E-state index is 0.00974. The molecule has 0 atom stereocenters. The molecule has 2 heterocycles. The smallest absolute Gasteiger partial charge is 0.254 e. The Morgan fingerprint density at radius 3 is 2.41 bits per heavy atom. The highest BCUT2D eigenvalue weighted by Gasteiger charge is 2.25. The van der Waals surface area contributed by atoms with Crippen molar-refractivity contribution in [3.8, 4) is 22.8 Å². The number of para-hydroxylation sites is 1. The Morgan fingerprint density at radius 1 is 0.875 bits per heavy atom. The summed E-state index contributed by atoms with van der Waals surface area (Å²) in [7, 11) is 0. The van der Waals surface area contributed by atoms with Crippen LogP contribution >= 0.6 is 15.9 Å². The highest BCUT2D eigenvalue weighted by atomic mass is 79.9. The van der Waals surface area contributed by atoms with Crippen molar-refractivity contribution in [1.82, 2.24) is 9.88 Å². The Hall–Kier alpha value is -3.38. The van der Waals surface area contributed by atoms with Crippen molar-refractivity contribution in [2.45, 2.75) is 0 Å². The molecule has 1 aliphatic heterocycles. The van der Waals surface area contributed by atoms with Gasteiger partial charge >= 0.3 is 0 Å². The van der Waals surface area contributed by atoms with Crippen LogP contribution in [-0.2, 0) is 0 Å². The normalized spacial score (nSPS) is 13.9. The van der Waals surface area contributed by atoms with E-state index in [0.29, 0.717) is 35.9 Å². The fraction of sp³-hybridized carbons (Fsp3) is 0.154. The molecule has 3 aromatic carbocycles. The number of anilines is 1. The van der Waals surface area contributed by atoms with Crippen molar-refractivity contribution in [2.75, 3.05) is 31.1 Å². The molecular formula is C26H22BrN3O2. The van der Waals surface area contributed by atoms with E-state index in [2.05, 4.69) is 37.9 Å². The van der Waals surface area contributed by atoms with Gasteiger partial charge in [-0.05, 0) is 36.4 Å². The lowest BCUT2D eigenvalue weighted by molar-refractivity contribution is 0.0747. The number of rotatable bonds is 4. The van der Waals surface area contributed by atoms with E-state index in [1.165, 1.54) is 5.69 Å². The number of nitrogens with zero attached hydrogens (tertiary/aromatic N) is 3. The molecule has 1 aromatic heterocycles. The zero-order valence-electron chi connectivity index (χ0n) is 17.4. The van der Waals surface area contributed by atoms with Gasteiger partial charge in [-0.1, -0.05) is 58.4 Å². The lowest BCUT2D eigenvalue weighted by Gasteiger charge is -2.36. The van der Waals surface area contributed by atoms with Gasteiger partial charge in [0.2, 0.25) is 5.89 Å². The molecule has 0 spiro atoms. The number of carbonyl (C=O) groups is 1. The van der Waals surface area contributed by atoms with Gasteiger partial charge in [0.25, 0.3) is 5.91 Å². The lowest BCUT2D eigenvalue weighted by Crippen LogP contribution is -2.48. The van der Waals surface area contributed by atoms with Gasteiger partial charge in [0, 0.05) is 47.5 Å². The van der Waals surface area contributed by atoms with Crippen LogP contribution in [0.4, 0.5) is 5.69 Å². The van der Waals surface area contributed by atoms with Gasteiger partial charge in [-0.25, -0.2) is 4.98 Å². The summed E-state index contributed by atoms with van der Waals surface area (Å²) in [6, 6.07) is 25.7. The van der Waals surface area contributed by atoms with Crippen LogP contribution < -0.4 is 4.90 Å². The van der Waals surface area contributed by atoms with Crippen LogP contribution in [-0.4, -0.2) is 42.0 Å². The van der Waals surface area contributed by atoms with Crippen molar-refractivity contribution < 1.29 is 9.21 Å². The molecule has 5 nitrogen and oxygen atoms in total. The fourth-order valence-electron chi connectivity index (χ4n) is 4.01. The van der Waals surface area contributed by atoms with E-state index in [1.807, 2.05) is 71.6 Å². The fourth-order valence-corrected chi connectivity index (χ4v) is 4.41. The molecule has 1 amide bonds. The van der Waals surface area contributed by atoms with Gasteiger partial charge in [0.05, 0.1) is 11.8 Å². The van der Waals surface area contributed by atoms with Crippen LogP contribution in [0, 0.1) is 0 Å². The topological polar surface area (TPSA) is 49.6 Å². The molecule has 6 heteroatoms. The third kappa shape index (κ3) is 4.18. The molecular weight excluding hydrogens is 466 g/mol. The molecule has 5 rings (SSSR count). The quantitative estimate of drug-likeness (QED) is 0.368. The third-order valence-corrected chi connectivity index (χ3v) is 6.18. The molecule has 0 radical (unpaired) electrons. The second kappa shape index (κ2) is 9.01. The molecule has 1 aliphatic rings. The van der Waals surface area contributed by atoms with Crippen molar-refractivity contribution in [3.05, 3.63) is 95.1 Å². The van der Waals surface area contributed by atoms with E-state index in [-0.39, 0.29) is 5.91 Å². The van der Waals surface area contributed by atoms with E-state index in [4.69, 9.17) is 4.42 Å². The molecule has 0 bridgehead atoms. The van der Waals surface area contributed by atoms with E-state index < -0.39 is 0 Å². The van der Waals surface area contributed by atoms with Crippen LogP contribution in [0.3, 0.4) is 0 Å². The summed E-state index contributed by atoms with van der Waals surface area (Å²) < 4.78 is 7.02. The van der Waals surface area contributed by atoms with E-state index in [0.717, 1.165) is 23.1 Å². The molecule has 0 unspecified atom stereocenters. The van der Waals surface area contributed by atoms with E-state index >= 15 is 0 Å². The molecule has 160 valence electrons. The number of aromatic nitrogens is 1. The Labute approximate surface area is 195 Å². The van der Waals surface area contributed by atoms with Crippen LogP contribution in [0.5, 0.6) is 0 Å². The number of piperazine rings is 1. The number of oxazole rings is 1. The number of halogens is 1. The lowest BCUT2D eigenvalue weighted by atomic mass is 10.1. The average molecular weight is 488 g/mol. The molecule has 4 aromatic rings. The van der Waals surface area contributed by atoms with Crippen LogP contribution in [0.2, 0.25) is 0 Å². The third-order valence-electron chi connectivity index (χ3n) is 5.69. The summed E-state index contributed by atoms with van der Waals surface area (Å²) in [5, 5.41) is 0. The summed E-state index contributed by atoms with van der Waals surface area (Å²) in [4.78, 5) is 22.1. The van der Waals surface area contributed by atoms with Crippen molar-refractivity contribution in [1.29, 1.82) is 0 Å². The summed E-state index contributed by atoms with van der Waals surface area (Å²) in [5.74, 6) is 1.13. The largest absolute Gasteiger partial charge is 0.436 e. The zero-order chi connectivity index (χ0) is 21.9. The Balaban J connectivity index is 1.36. The number of amides is 1. The second-order valence-electron chi connectivity index (χ2n) is 7.70. The van der Waals surface area contributed by atoms with Crippen LogP contribution in [0.15, 0.2) is 93.9 Å². The first-order valence-corrected chi connectivity index (χ1v) is 11.4. The van der Waals surface area contributed by atoms with Gasteiger partial charge in [-0.15, -0.1) is 0 Å². The maximum absolute atomic E-state index is 13.4. The predicted octanol–water partition coefficient (Wildman–Crippen LogP) is 5.73. The van der Waals surface area contributed by atoms with Crippen molar-refractivity contribution >= 4 is 27.5 Å². The molecule has 1 saturated heterocycles. The molecule has 32 heavy (non-hydrogen) atoms. The SMILES string of the molecule is O=C(c1ccccc1-c1ncc(-c2cccc(Br)c2)o1)N1CCN(c2ccccc2)CC1. The van der Waals surface area contributed by atoms with Crippen molar-refractivity contribution in [2.24, 2.45) is 0 Å². The van der Waals surface area contributed by atoms with Gasteiger partial charge < -0.3 is 14.2 Å². The Morgan fingerprint density at radius 2 is 1.62 bits per heavy atom. The van der Waals surface area contributed by atoms with Gasteiger partial charge in [0.15, 0.2) is 5.76 Å². The molecule has 0 aliphatic carbocycles. The number of hydrogen-bond donors (Lipinski definition) is 0. The average Bonchev–Trinajstić information content (AvgIpc) is 3.35. The molecule has 0 N–H and O–H groups in total. The van der Waals surface area contributed by atoms with Gasteiger partial charge in [0.1, 0.15) is 0 Å². The van der Waals surface area contributed by atoms with Crippen LogP contribution in [0.25, 0.3) is 22.8 Å².